The normalized spacial score (nSPS) is 11.1. The molecule has 27 heavy (non-hydrogen) atoms. The van der Waals surface area contributed by atoms with Crippen LogP contribution in [0.5, 0.6) is 17.5 Å². The lowest BCUT2D eigenvalue weighted by Crippen LogP contribution is -1.92. The molecule has 0 saturated heterocycles. The van der Waals surface area contributed by atoms with E-state index >= 15 is 0 Å². The Balaban J connectivity index is 1.71. The molecule has 2 aromatic heterocycles. The maximum absolute atomic E-state index is 13.4. The lowest BCUT2D eigenvalue weighted by molar-refractivity contribution is 0.348. The van der Waals surface area contributed by atoms with Crippen LogP contribution in [-0.4, -0.2) is 15.0 Å². The van der Waals surface area contributed by atoms with Crippen LogP contribution >= 0.6 is 11.6 Å². The predicted molar refractivity (Wildman–Crippen MR) is 96.1 cm³/mol. The van der Waals surface area contributed by atoms with Gasteiger partial charge in [0.15, 0.2) is 11.5 Å². The predicted octanol–water partition coefficient (Wildman–Crippen LogP) is 5.63. The minimum Gasteiger partial charge on any atom is -0.423 e. The van der Waals surface area contributed by atoms with Gasteiger partial charge in [0.2, 0.25) is 5.89 Å². The van der Waals surface area contributed by atoms with Gasteiger partial charge in [-0.15, -0.1) is 0 Å². The first-order chi connectivity index (χ1) is 12.9. The summed E-state index contributed by atoms with van der Waals surface area (Å²) < 4.78 is 24.5. The van der Waals surface area contributed by atoms with Crippen molar-refractivity contribution in [2.24, 2.45) is 0 Å². The van der Waals surface area contributed by atoms with Gasteiger partial charge in [-0.3, -0.25) is 5.11 Å². The third-order valence-corrected chi connectivity index (χ3v) is 4.24. The van der Waals surface area contributed by atoms with Crippen molar-refractivity contribution in [1.29, 1.82) is 0 Å². The molecule has 0 fully saturated rings. The number of aromatic nitrogens is 3. The van der Waals surface area contributed by atoms with Gasteiger partial charge in [0, 0.05) is 11.6 Å². The fourth-order valence-electron chi connectivity index (χ4n) is 2.62. The van der Waals surface area contributed by atoms with Crippen LogP contribution in [0.1, 0.15) is 11.1 Å². The fourth-order valence-corrected chi connectivity index (χ4v) is 2.78. The highest BCUT2D eigenvalue weighted by Crippen LogP contribution is 2.32. The van der Waals surface area contributed by atoms with Crippen molar-refractivity contribution in [2.75, 3.05) is 0 Å². The number of fused-ring (bicyclic) bond motifs is 1. The lowest BCUT2D eigenvalue weighted by Gasteiger charge is -2.04. The number of halogens is 2. The molecule has 4 rings (SSSR count). The van der Waals surface area contributed by atoms with Crippen LogP contribution in [-0.2, 0) is 5.11 Å². The second-order valence-corrected chi connectivity index (χ2v) is 6.39. The zero-order valence-corrected chi connectivity index (χ0v) is 15.0. The van der Waals surface area contributed by atoms with Gasteiger partial charge < -0.3 is 9.15 Å². The first-order valence-corrected chi connectivity index (χ1v) is 8.33. The summed E-state index contributed by atoms with van der Waals surface area (Å²) in [5, 5.41) is 12.1. The molecule has 0 bridgehead atoms. The number of hydrogen-bond acceptors (Lipinski definition) is 5. The quantitative estimate of drug-likeness (QED) is 0.457. The highest BCUT2D eigenvalue weighted by Gasteiger charge is 2.15. The van der Waals surface area contributed by atoms with Crippen molar-refractivity contribution in [3.63, 3.8) is 0 Å². The monoisotopic (exact) mass is 384 g/mol. The van der Waals surface area contributed by atoms with Crippen molar-refractivity contribution >= 4 is 22.8 Å². The van der Waals surface area contributed by atoms with E-state index in [0.717, 1.165) is 6.07 Å². The van der Waals surface area contributed by atoms with Gasteiger partial charge in [0.1, 0.15) is 11.3 Å². The van der Waals surface area contributed by atoms with Gasteiger partial charge >= 0.3 is 6.01 Å². The average molecular weight is 385 g/mol. The van der Waals surface area contributed by atoms with Crippen molar-refractivity contribution in [3.05, 3.63) is 58.5 Å². The van der Waals surface area contributed by atoms with Crippen LogP contribution in [0.3, 0.4) is 0 Å². The van der Waals surface area contributed by atoms with Gasteiger partial charge in [0.05, 0.1) is 11.2 Å². The molecule has 4 aromatic rings. The van der Waals surface area contributed by atoms with Gasteiger partial charge in [-0.2, -0.15) is 4.98 Å². The van der Waals surface area contributed by atoms with E-state index in [1.165, 1.54) is 18.3 Å². The summed E-state index contributed by atoms with van der Waals surface area (Å²) in [7, 11) is 0. The third kappa shape index (κ3) is 3.29. The van der Waals surface area contributed by atoms with Crippen LogP contribution in [0.2, 0.25) is 5.02 Å². The zero-order chi connectivity index (χ0) is 19.1. The summed E-state index contributed by atoms with van der Waals surface area (Å²) in [5.41, 5.74) is 2.48. The molecular formula is C19H12ClFN3O3. The molecule has 8 heteroatoms. The molecule has 0 N–H and O–H groups in total. The SMILES string of the molecule is Cc1cc(-c2nc3cnc(Oc4cc(F)ccc4Cl)nc3o2)cc(C)c1[O]. The van der Waals surface area contributed by atoms with Gasteiger partial charge in [-0.1, -0.05) is 11.6 Å². The maximum Gasteiger partial charge on any atom is 0.325 e. The average Bonchev–Trinajstić information content (AvgIpc) is 3.06. The van der Waals surface area contributed by atoms with E-state index in [1.54, 1.807) is 26.0 Å². The van der Waals surface area contributed by atoms with E-state index in [4.69, 9.17) is 20.8 Å². The van der Waals surface area contributed by atoms with Crippen molar-refractivity contribution in [1.82, 2.24) is 15.0 Å². The van der Waals surface area contributed by atoms with Crippen LogP contribution in [0.25, 0.3) is 22.7 Å². The number of oxazole rings is 1. The highest BCUT2D eigenvalue weighted by atomic mass is 35.5. The summed E-state index contributed by atoms with van der Waals surface area (Å²) in [6.07, 6.45) is 1.43. The number of nitrogens with zero attached hydrogens (tertiary/aromatic N) is 3. The minimum absolute atomic E-state index is 0.0164. The molecule has 0 aliphatic rings. The molecular weight excluding hydrogens is 373 g/mol. The molecule has 0 spiro atoms. The Morgan fingerprint density at radius 2 is 1.85 bits per heavy atom. The van der Waals surface area contributed by atoms with Gasteiger partial charge in [-0.25, -0.2) is 14.4 Å². The van der Waals surface area contributed by atoms with Crippen LogP contribution in [0.15, 0.2) is 40.9 Å². The third-order valence-electron chi connectivity index (χ3n) is 3.93. The number of ether oxygens (including phenoxy) is 1. The van der Waals surface area contributed by atoms with Gasteiger partial charge in [-0.05, 0) is 49.2 Å². The molecule has 1 radical (unpaired) electrons. The molecule has 0 saturated carbocycles. The smallest absolute Gasteiger partial charge is 0.325 e. The summed E-state index contributed by atoms with van der Waals surface area (Å²) in [5.74, 6) is -0.109. The minimum atomic E-state index is -0.495. The fraction of sp³-hybridized carbons (Fsp3) is 0.105. The summed E-state index contributed by atoms with van der Waals surface area (Å²) in [6.45, 7) is 3.46. The number of aryl methyl sites for hydroxylation is 2. The zero-order valence-electron chi connectivity index (χ0n) is 14.3. The van der Waals surface area contributed by atoms with E-state index < -0.39 is 5.82 Å². The van der Waals surface area contributed by atoms with Gasteiger partial charge in [0.25, 0.3) is 5.71 Å². The molecule has 0 amide bonds. The number of hydrogen-bond donors (Lipinski definition) is 0. The van der Waals surface area contributed by atoms with Crippen LogP contribution in [0.4, 0.5) is 4.39 Å². The lowest BCUT2D eigenvalue weighted by atomic mass is 10.1. The second kappa shape index (κ2) is 6.51. The molecule has 6 nitrogen and oxygen atoms in total. The first-order valence-electron chi connectivity index (χ1n) is 7.96. The highest BCUT2D eigenvalue weighted by molar-refractivity contribution is 6.32. The van der Waals surface area contributed by atoms with Crippen molar-refractivity contribution in [3.8, 4) is 29.0 Å². The summed E-state index contributed by atoms with van der Waals surface area (Å²) in [4.78, 5) is 12.5. The molecule has 0 atom stereocenters. The molecule has 0 aliphatic heterocycles. The Labute approximate surface area is 158 Å². The Hall–Kier alpha value is -3.19. The molecule has 0 aliphatic carbocycles. The first kappa shape index (κ1) is 17.2. The largest absolute Gasteiger partial charge is 0.423 e. The van der Waals surface area contributed by atoms with E-state index in [2.05, 4.69) is 15.0 Å². The van der Waals surface area contributed by atoms with E-state index in [0.29, 0.717) is 28.1 Å². The Kier molecular flexibility index (Phi) is 4.16. The van der Waals surface area contributed by atoms with E-state index in [1.807, 2.05) is 0 Å². The Morgan fingerprint density at radius 1 is 1.11 bits per heavy atom. The Bertz CT molecular complexity index is 1150. The van der Waals surface area contributed by atoms with Crippen LogP contribution < -0.4 is 4.74 Å². The van der Waals surface area contributed by atoms with Crippen molar-refractivity contribution < 1.29 is 18.7 Å². The summed E-state index contributed by atoms with van der Waals surface area (Å²) >= 11 is 5.98. The molecule has 135 valence electrons. The number of rotatable bonds is 3. The number of benzene rings is 2. The van der Waals surface area contributed by atoms with Crippen molar-refractivity contribution in [2.45, 2.75) is 13.8 Å². The van der Waals surface area contributed by atoms with E-state index in [-0.39, 0.29) is 28.2 Å². The molecule has 2 heterocycles. The second-order valence-electron chi connectivity index (χ2n) is 5.98. The molecule has 0 unspecified atom stereocenters. The van der Waals surface area contributed by atoms with Crippen LogP contribution in [0, 0.1) is 19.7 Å². The molecule has 2 aromatic carbocycles. The van der Waals surface area contributed by atoms with E-state index in [9.17, 15) is 9.50 Å². The standard InChI is InChI=1S/C19H12ClFN3O3/c1-9-5-11(6-10(2)16(9)25)17-23-14-8-22-19(24-18(14)27-17)26-15-7-12(21)3-4-13(15)20/h3-8H,1-2H3. The maximum atomic E-state index is 13.4. The topological polar surface area (TPSA) is 80.9 Å². The summed E-state index contributed by atoms with van der Waals surface area (Å²) in [6, 6.07) is 7.09. The Morgan fingerprint density at radius 3 is 2.59 bits per heavy atom.